The fraction of sp³-hybridized carbons (Fsp3) is 0.500. The minimum Gasteiger partial charge on any atom is -0.480 e. The van der Waals surface area contributed by atoms with Gasteiger partial charge in [-0.15, -0.1) is 0 Å². The molecule has 1 unspecified atom stereocenters. The number of nitrogens with one attached hydrogen (secondary N) is 2. The van der Waals surface area contributed by atoms with Crippen molar-refractivity contribution in [2.24, 2.45) is 7.05 Å². The third-order valence-corrected chi connectivity index (χ3v) is 2.89. The van der Waals surface area contributed by atoms with Gasteiger partial charge in [-0.2, -0.15) is 5.10 Å². The topological polar surface area (TPSA) is 96.3 Å². The zero-order valence-corrected chi connectivity index (χ0v) is 11.1. The molecule has 2 amide bonds. The highest BCUT2D eigenvalue weighted by atomic mass is 35.5. The van der Waals surface area contributed by atoms with Gasteiger partial charge in [0.2, 0.25) is 0 Å². The summed E-state index contributed by atoms with van der Waals surface area (Å²) in [5, 5.41) is 18.0. The Labute approximate surface area is 109 Å². The van der Waals surface area contributed by atoms with Gasteiger partial charge in [0.1, 0.15) is 6.04 Å². The Balaban J connectivity index is 2.55. The highest BCUT2D eigenvalue weighted by Crippen LogP contribution is 2.18. The van der Waals surface area contributed by atoms with Gasteiger partial charge in [-0.3, -0.25) is 9.48 Å². The summed E-state index contributed by atoms with van der Waals surface area (Å²) in [6, 6.07) is -1.52. The van der Waals surface area contributed by atoms with Gasteiger partial charge < -0.3 is 15.7 Å². The van der Waals surface area contributed by atoms with E-state index in [1.54, 1.807) is 18.7 Å². The molecule has 0 aliphatic carbocycles. The maximum atomic E-state index is 11.4. The molecule has 0 saturated carbocycles. The van der Waals surface area contributed by atoms with Crippen molar-refractivity contribution in [3.63, 3.8) is 0 Å². The Morgan fingerprint density at radius 1 is 1.56 bits per heavy atom. The van der Waals surface area contributed by atoms with Crippen molar-refractivity contribution in [3.8, 4) is 0 Å². The number of carbonyl (C=O) groups is 2. The van der Waals surface area contributed by atoms with E-state index in [9.17, 15) is 9.59 Å². The average molecular weight is 275 g/mol. The summed E-state index contributed by atoms with van der Waals surface area (Å²) in [4.78, 5) is 21.9. The lowest BCUT2D eigenvalue weighted by Gasteiger charge is -2.10. The molecule has 1 aromatic rings. The molecule has 0 bridgehead atoms. The Morgan fingerprint density at radius 2 is 2.17 bits per heavy atom. The predicted molar refractivity (Wildman–Crippen MR) is 65.4 cm³/mol. The van der Waals surface area contributed by atoms with Crippen LogP contribution in [0.1, 0.15) is 18.3 Å². The Hall–Kier alpha value is -1.76. The molecule has 0 aliphatic heterocycles. The lowest BCUT2D eigenvalue weighted by atomic mass is 10.3. The first-order valence-electron chi connectivity index (χ1n) is 5.28. The van der Waals surface area contributed by atoms with E-state index in [0.717, 1.165) is 0 Å². The summed E-state index contributed by atoms with van der Waals surface area (Å²) in [5.74, 6) is -1.10. The molecular weight excluding hydrogens is 260 g/mol. The number of carboxylic acid groups (broad SMARTS) is 1. The number of aromatic nitrogens is 2. The second-order valence-corrected chi connectivity index (χ2v) is 4.23. The minimum absolute atomic E-state index is 0.175. The van der Waals surface area contributed by atoms with E-state index in [1.807, 2.05) is 0 Å². The van der Waals surface area contributed by atoms with Gasteiger partial charge in [-0.1, -0.05) is 11.6 Å². The van der Waals surface area contributed by atoms with Crippen molar-refractivity contribution in [2.45, 2.75) is 26.4 Å². The van der Waals surface area contributed by atoms with Gasteiger partial charge in [0.25, 0.3) is 0 Å². The highest BCUT2D eigenvalue weighted by Gasteiger charge is 2.15. The van der Waals surface area contributed by atoms with Crippen LogP contribution in [0.25, 0.3) is 0 Å². The molecular formula is C10H15ClN4O3. The fourth-order valence-electron chi connectivity index (χ4n) is 1.35. The number of carbonyl (C=O) groups excluding carboxylic acids is 1. The van der Waals surface area contributed by atoms with E-state index in [0.29, 0.717) is 16.4 Å². The van der Waals surface area contributed by atoms with Crippen LogP contribution >= 0.6 is 11.6 Å². The van der Waals surface area contributed by atoms with Gasteiger partial charge >= 0.3 is 12.0 Å². The van der Waals surface area contributed by atoms with Crippen molar-refractivity contribution in [1.29, 1.82) is 0 Å². The van der Waals surface area contributed by atoms with Crippen molar-refractivity contribution in [3.05, 3.63) is 16.4 Å². The van der Waals surface area contributed by atoms with Crippen molar-refractivity contribution in [1.82, 2.24) is 20.4 Å². The summed E-state index contributed by atoms with van der Waals surface area (Å²) in [5.41, 5.74) is 1.34. The van der Waals surface area contributed by atoms with E-state index >= 15 is 0 Å². The van der Waals surface area contributed by atoms with Crippen LogP contribution in [-0.4, -0.2) is 32.9 Å². The molecule has 0 fully saturated rings. The monoisotopic (exact) mass is 274 g/mol. The summed E-state index contributed by atoms with van der Waals surface area (Å²) in [7, 11) is 1.72. The van der Waals surface area contributed by atoms with Gasteiger partial charge in [0, 0.05) is 7.05 Å². The van der Waals surface area contributed by atoms with E-state index < -0.39 is 18.0 Å². The van der Waals surface area contributed by atoms with Gasteiger partial charge in [0.15, 0.2) is 0 Å². The molecule has 18 heavy (non-hydrogen) atoms. The van der Waals surface area contributed by atoms with E-state index in [-0.39, 0.29) is 6.54 Å². The molecule has 0 saturated heterocycles. The lowest BCUT2D eigenvalue weighted by molar-refractivity contribution is -0.138. The predicted octanol–water partition coefficient (Wildman–Crippen LogP) is 0.654. The summed E-state index contributed by atoms with van der Waals surface area (Å²) in [6.45, 7) is 3.32. The molecule has 1 heterocycles. The van der Waals surface area contributed by atoms with Gasteiger partial charge in [0.05, 0.1) is 23.0 Å². The number of hydrogen-bond acceptors (Lipinski definition) is 3. The summed E-state index contributed by atoms with van der Waals surface area (Å²) >= 11 is 6.00. The van der Waals surface area contributed by atoms with Crippen LogP contribution in [0.3, 0.4) is 0 Å². The van der Waals surface area contributed by atoms with Crippen LogP contribution in [0.5, 0.6) is 0 Å². The van der Waals surface area contributed by atoms with E-state index in [1.165, 1.54) is 6.92 Å². The third kappa shape index (κ3) is 3.36. The molecule has 0 aliphatic rings. The minimum atomic E-state index is -1.10. The highest BCUT2D eigenvalue weighted by molar-refractivity contribution is 6.31. The first-order chi connectivity index (χ1) is 8.32. The zero-order valence-electron chi connectivity index (χ0n) is 10.3. The Bertz CT molecular complexity index is 472. The Morgan fingerprint density at radius 3 is 2.61 bits per heavy atom. The van der Waals surface area contributed by atoms with Crippen LogP contribution < -0.4 is 10.6 Å². The first kappa shape index (κ1) is 14.3. The van der Waals surface area contributed by atoms with Gasteiger partial charge in [-0.05, 0) is 13.8 Å². The van der Waals surface area contributed by atoms with Crippen LogP contribution in [0.15, 0.2) is 0 Å². The number of amides is 2. The van der Waals surface area contributed by atoms with Gasteiger partial charge in [-0.25, -0.2) is 4.79 Å². The van der Waals surface area contributed by atoms with Crippen molar-refractivity contribution in [2.75, 3.05) is 0 Å². The number of aliphatic carboxylic acids is 1. The first-order valence-corrected chi connectivity index (χ1v) is 5.66. The molecule has 8 heteroatoms. The molecule has 100 valence electrons. The van der Waals surface area contributed by atoms with E-state index in [4.69, 9.17) is 16.7 Å². The second kappa shape index (κ2) is 5.72. The van der Waals surface area contributed by atoms with Crippen LogP contribution in [0.4, 0.5) is 4.79 Å². The van der Waals surface area contributed by atoms with Crippen molar-refractivity contribution >= 4 is 23.6 Å². The molecule has 1 aromatic heterocycles. The molecule has 0 radical (unpaired) electrons. The van der Waals surface area contributed by atoms with Crippen LogP contribution in [-0.2, 0) is 18.4 Å². The van der Waals surface area contributed by atoms with Crippen molar-refractivity contribution < 1.29 is 14.7 Å². The van der Waals surface area contributed by atoms with Crippen LogP contribution in [0.2, 0.25) is 5.02 Å². The number of halogens is 1. The smallest absolute Gasteiger partial charge is 0.325 e. The zero-order chi connectivity index (χ0) is 13.9. The SMILES string of the molecule is Cc1nn(C)c(CNC(=O)NC(C)C(=O)O)c1Cl. The number of carboxylic acids is 1. The average Bonchev–Trinajstić information content (AvgIpc) is 2.51. The number of rotatable bonds is 4. The molecule has 3 N–H and O–H groups in total. The number of nitrogens with zero attached hydrogens (tertiary/aromatic N) is 2. The third-order valence-electron chi connectivity index (χ3n) is 2.40. The standard InChI is InChI=1S/C10H15ClN4O3/c1-5-8(11)7(15(3)14-5)4-12-10(18)13-6(2)9(16)17/h6H,4H2,1-3H3,(H,16,17)(H2,12,13,18). The maximum absolute atomic E-state index is 11.4. The molecule has 1 atom stereocenters. The summed E-state index contributed by atoms with van der Waals surface area (Å²) in [6.07, 6.45) is 0. The van der Waals surface area contributed by atoms with E-state index in [2.05, 4.69) is 15.7 Å². The van der Waals surface area contributed by atoms with Crippen LogP contribution in [0, 0.1) is 6.92 Å². The number of urea groups is 1. The largest absolute Gasteiger partial charge is 0.480 e. The molecule has 0 spiro atoms. The number of hydrogen-bond donors (Lipinski definition) is 3. The normalized spacial score (nSPS) is 12.0. The summed E-state index contributed by atoms with van der Waals surface area (Å²) < 4.78 is 1.57. The Kier molecular flexibility index (Phi) is 4.55. The number of aryl methyl sites for hydroxylation is 2. The maximum Gasteiger partial charge on any atom is 0.325 e. The molecule has 7 nitrogen and oxygen atoms in total. The lowest BCUT2D eigenvalue weighted by Crippen LogP contribution is -2.44. The fourth-order valence-corrected chi connectivity index (χ4v) is 1.57. The second-order valence-electron chi connectivity index (χ2n) is 3.86. The quantitative estimate of drug-likeness (QED) is 0.751. The molecule has 1 rings (SSSR count). The molecule has 0 aromatic carbocycles.